The molecule has 33 heavy (non-hydrogen) atoms. The van der Waals surface area contributed by atoms with E-state index in [1.54, 1.807) is 5.38 Å². The molecule has 3 rings (SSSR count). The number of nitrogens with zero attached hydrogens (tertiary/aromatic N) is 1. The van der Waals surface area contributed by atoms with Crippen LogP contribution in [0.4, 0.5) is 9.52 Å². The summed E-state index contributed by atoms with van der Waals surface area (Å²) in [5.41, 5.74) is 0.708. The van der Waals surface area contributed by atoms with E-state index in [1.807, 2.05) is 20.8 Å². The maximum atomic E-state index is 14.5. The third kappa shape index (κ3) is 5.81. The number of rotatable bonds is 6. The Morgan fingerprint density at radius 3 is 2.39 bits per heavy atom. The zero-order valence-corrected chi connectivity index (χ0v) is 19.5. The van der Waals surface area contributed by atoms with Gasteiger partial charge in [-0.1, -0.05) is 26.8 Å². The SMILES string of the molecule is Cc1c(F)cc(C(=O)O)cc1-c1ccc(C(=O)NCC(C)(C)C)cc1C(=O)Nc1nccs1. The molecule has 0 spiro atoms. The normalized spacial score (nSPS) is 11.2. The Balaban J connectivity index is 2.11. The minimum atomic E-state index is -1.29. The van der Waals surface area contributed by atoms with Gasteiger partial charge in [0.2, 0.25) is 0 Å². The Labute approximate surface area is 194 Å². The quantitative estimate of drug-likeness (QED) is 0.472. The largest absolute Gasteiger partial charge is 0.478 e. The Morgan fingerprint density at radius 1 is 1.06 bits per heavy atom. The summed E-state index contributed by atoms with van der Waals surface area (Å²) in [7, 11) is 0. The lowest BCUT2D eigenvalue weighted by molar-refractivity contribution is 0.0696. The van der Waals surface area contributed by atoms with Crippen LogP contribution in [0.5, 0.6) is 0 Å². The molecule has 2 amide bonds. The Kier molecular flexibility index (Phi) is 6.92. The van der Waals surface area contributed by atoms with E-state index in [9.17, 15) is 23.9 Å². The fraction of sp³-hybridized carbons (Fsp3) is 0.250. The molecule has 0 saturated carbocycles. The van der Waals surface area contributed by atoms with Crippen LogP contribution in [0.2, 0.25) is 0 Å². The smallest absolute Gasteiger partial charge is 0.335 e. The van der Waals surface area contributed by atoms with Gasteiger partial charge in [-0.3, -0.25) is 14.9 Å². The van der Waals surface area contributed by atoms with Crippen molar-refractivity contribution in [3.05, 3.63) is 70.0 Å². The number of carboxylic acids is 1. The number of aromatic nitrogens is 1. The van der Waals surface area contributed by atoms with Gasteiger partial charge in [-0.15, -0.1) is 11.3 Å². The molecule has 3 aromatic rings. The van der Waals surface area contributed by atoms with Gasteiger partial charge in [0, 0.05) is 29.2 Å². The van der Waals surface area contributed by atoms with Crippen LogP contribution < -0.4 is 10.6 Å². The lowest BCUT2D eigenvalue weighted by Crippen LogP contribution is -2.32. The van der Waals surface area contributed by atoms with E-state index < -0.39 is 17.7 Å². The molecule has 0 aliphatic rings. The van der Waals surface area contributed by atoms with E-state index in [1.165, 1.54) is 48.7 Å². The Hall–Kier alpha value is -3.59. The number of amides is 2. The van der Waals surface area contributed by atoms with Gasteiger partial charge in [-0.25, -0.2) is 14.2 Å². The summed E-state index contributed by atoms with van der Waals surface area (Å²) in [6.45, 7) is 7.88. The molecular weight excluding hydrogens is 445 g/mol. The number of hydrogen-bond donors (Lipinski definition) is 3. The Bertz CT molecular complexity index is 1220. The molecule has 1 aromatic heterocycles. The summed E-state index contributed by atoms with van der Waals surface area (Å²) in [6.07, 6.45) is 1.54. The molecule has 0 saturated heterocycles. The molecular formula is C24H24FN3O4S. The second kappa shape index (κ2) is 9.50. The van der Waals surface area contributed by atoms with E-state index >= 15 is 0 Å². The molecule has 0 unspecified atom stereocenters. The third-order valence-electron chi connectivity index (χ3n) is 4.84. The molecule has 9 heteroatoms. The predicted molar refractivity (Wildman–Crippen MR) is 125 cm³/mol. The van der Waals surface area contributed by atoms with Crippen molar-refractivity contribution in [1.29, 1.82) is 0 Å². The van der Waals surface area contributed by atoms with Gasteiger partial charge in [0.25, 0.3) is 11.8 Å². The number of benzene rings is 2. The average molecular weight is 470 g/mol. The van der Waals surface area contributed by atoms with Gasteiger partial charge in [-0.2, -0.15) is 0 Å². The molecule has 0 aliphatic carbocycles. The summed E-state index contributed by atoms with van der Waals surface area (Å²) in [4.78, 5) is 41.3. The lowest BCUT2D eigenvalue weighted by atomic mass is 9.92. The molecule has 0 atom stereocenters. The minimum Gasteiger partial charge on any atom is -0.478 e. The van der Waals surface area contributed by atoms with Gasteiger partial charge in [-0.05, 0) is 53.3 Å². The molecule has 3 N–H and O–H groups in total. The topological polar surface area (TPSA) is 108 Å². The van der Waals surface area contributed by atoms with Gasteiger partial charge in [0.1, 0.15) is 5.82 Å². The molecule has 0 aliphatic heterocycles. The van der Waals surface area contributed by atoms with E-state index in [2.05, 4.69) is 15.6 Å². The third-order valence-corrected chi connectivity index (χ3v) is 5.53. The molecule has 0 bridgehead atoms. The van der Waals surface area contributed by atoms with Crippen molar-refractivity contribution < 1.29 is 23.9 Å². The van der Waals surface area contributed by atoms with Crippen molar-refractivity contribution in [3.63, 3.8) is 0 Å². The number of aromatic carboxylic acids is 1. The highest BCUT2D eigenvalue weighted by atomic mass is 32.1. The van der Waals surface area contributed by atoms with Gasteiger partial charge < -0.3 is 10.4 Å². The summed E-state index contributed by atoms with van der Waals surface area (Å²) in [5, 5.41) is 16.9. The first-order valence-electron chi connectivity index (χ1n) is 10.1. The van der Waals surface area contributed by atoms with Crippen LogP contribution in [0.3, 0.4) is 0 Å². The minimum absolute atomic E-state index is 0.0960. The average Bonchev–Trinajstić information content (AvgIpc) is 3.25. The molecule has 172 valence electrons. The first-order valence-corrected chi connectivity index (χ1v) is 11.0. The number of carbonyl (C=O) groups is 3. The number of thiazole rings is 1. The number of carboxylic acid groups (broad SMARTS) is 1. The Morgan fingerprint density at radius 2 is 1.79 bits per heavy atom. The van der Waals surface area contributed by atoms with Crippen molar-refractivity contribution in [2.75, 3.05) is 11.9 Å². The van der Waals surface area contributed by atoms with Crippen molar-refractivity contribution in [1.82, 2.24) is 10.3 Å². The van der Waals surface area contributed by atoms with Crippen molar-refractivity contribution in [2.24, 2.45) is 5.41 Å². The summed E-state index contributed by atoms with van der Waals surface area (Å²) in [6, 6.07) is 6.72. The standard InChI is InChI=1S/C24H24FN3O4S/c1-13-17(10-15(22(31)32)11-19(13)25)16-6-5-14(20(29)27-12-24(2,3)4)9-18(16)21(30)28-23-26-7-8-33-23/h5-11H,12H2,1-4H3,(H,27,29)(H,31,32)(H,26,28,30). The van der Waals surface area contributed by atoms with Crippen molar-refractivity contribution in [2.45, 2.75) is 27.7 Å². The van der Waals surface area contributed by atoms with Crippen LogP contribution in [-0.2, 0) is 0 Å². The van der Waals surface area contributed by atoms with Crippen molar-refractivity contribution in [3.8, 4) is 11.1 Å². The number of hydrogen-bond acceptors (Lipinski definition) is 5. The second-order valence-corrected chi connectivity index (χ2v) is 9.63. The maximum absolute atomic E-state index is 14.5. The van der Waals surface area contributed by atoms with Crippen LogP contribution in [0.15, 0.2) is 41.9 Å². The van der Waals surface area contributed by atoms with Gasteiger partial charge in [0.05, 0.1) is 5.56 Å². The highest BCUT2D eigenvalue weighted by Gasteiger charge is 2.21. The summed E-state index contributed by atoms with van der Waals surface area (Å²) in [5.74, 6) is -2.90. The van der Waals surface area contributed by atoms with E-state index in [0.717, 1.165) is 6.07 Å². The number of carbonyl (C=O) groups excluding carboxylic acids is 2. The number of nitrogens with one attached hydrogen (secondary N) is 2. The first kappa shape index (κ1) is 24.1. The molecule has 0 radical (unpaired) electrons. The number of anilines is 1. The van der Waals surface area contributed by atoms with Crippen LogP contribution in [-0.4, -0.2) is 34.4 Å². The van der Waals surface area contributed by atoms with E-state index in [4.69, 9.17) is 0 Å². The molecule has 1 heterocycles. The van der Waals surface area contributed by atoms with E-state index in [0.29, 0.717) is 17.2 Å². The monoisotopic (exact) mass is 469 g/mol. The van der Waals surface area contributed by atoms with Gasteiger partial charge in [0.15, 0.2) is 5.13 Å². The molecule has 7 nitrogen and oxygen atoms in total. The molecule has 2 aromatic carbocycles. The van der Waals surface area contributed by atoms with Crippen LogP contribution in [0, 0.1) is 18.2 Å². The summed E-state index contributed by atoms with van der Waals surface area (Å²) < 4.78 is 14.5. The summed E-state index contributed by atoms with van der Waals surface area (Å²) >= 11 is 1.22. The van der Waals surface area contributed by atoms with Crippen LogP contribution >= 0.6 is 11.3 Å². The van der Waals surface area contributed by atoms with Crippen molar-refractivity contribution >= 4 is 34.3 Å². The fourth-order valence-corrected chi connectivity index (χ4v) is 3.61. The zero-order chi connectivity index (χ0) is 24.3. The molecule has 0 fully saturated rings. The van der Waals surface area contributed by atoms with Crippen LogP contribution in [0.1, 0.15) is 57.4 Å². The fourth-order valence-electron chi connectivity index (χ4n) is 3.09. The van der Waals surface area contributed by atoms with E-state index in [-0.39, 0.29) is 39.1 Å². The lowest BCUT2D eigenvalue weighted by Gasteiger charge is -2.19. The van der Waals surface area contributed by atoms with Gasteiger partial charge >= 0.3 is 5.97 Å². The maximum Gasteiger partial charge on any atom is 0.335 e. The zero-order valence-electron chi connectivity index (χ0n) is 18.7. The highest BCUT2D eigenvalue weighted by molar-refractivity contribution is 7.13. The predicted octanol–water partition coefficient (Wildman–Crippen LogP) is 4.98. The second-order valence-electron chi connectivity index (χ2n) is 8.73. The van der Waals surface area contributed by atoms with Crippen LogP contribution in [0.25, 0.3) is 11.1 Å². The first-order chi connectivity index (χ1) is 15.5. The number of halogens is 1. The highest BCUT2D eigenvalue weighted by Crippen LogP contribution is 2.31.